The molecule has 0 amide bonds. The number of nitrogens with zero attached hydrogens (tertiary/aromatic N) is 3. The number of halogens is 1. The Bertz CT molecular complexity index is 415. The number of rotatable bonds is 7. The first-order chi connectivity index (χ1) is 8.51. The fourth-order valence-corrected chi connectivity index (χ4v) is 1.04. The largest absolute Gasteiger partial charge is 0.461 e. The molecule has 0 unspecified atom stereocenters. The SMILES string of the molecule is C=C(C)Nc1nc(NC(=C)C)nc(OCCF)n1. The topological polar surface area (TPSA) is 72.0 Å². The van der Waals surface area contributed by atoms with Crippen LogP contribution in [0.5, 0.6) is 6.01 Å². The summed E-state index contributed by atoms with van der Waals surface area (Å²) in [6.07, 6.45) is 0. The summed E-state index contributed by atoms with van der Waals surface area (Å²) in [5, 5.41) is 5.67. The zero-order valence-corrected chi connectivity index (χ0v) is 10.5. The molecule has 0 atom stereocenters. The molecule has 1 heterocycles. The van der Waals surface area contributed by atoms with E-state index >= 15 is 0 Å². The van der Waals surface area contributed by atoms with Crippen molar-refractivity contribution in [2.45, 2.75) is 13.8 Å². The number of allylic oxidation sites excluding steroid dienone is 2. The van der Waals surface area contributed by atoms with Gasteiger partial charge in [0, 0.05) is 11.4 Å². The van der Waals surface area contributed by atoms with E-state index in [0.29, 0.717) is 11.4 Å². The van der Waals surface area contributed by atoms with Crippen molar-refractivity contribution in [1.82, 2.24) is 15.0 Å². The van der Waals surface area contributed by atoms with Gasteiger partial charge in [-0.1, -0.05) is 13.2 Å². The molecule has 0 aliphatic rings. The molecule has 1 rings (SSSR count). The van der Waals surface area contributed by atoms with Gasteiger partial charge in [-0.15, -0.1) is 0 Å². The average molecular weight is 253 g/mol. The summed E-state index contributed by atoms with van der Waals surface area (Å²) in [5.41, 5.74) is 1.33. The average Bonchev–Trinajstić information content (AvgIpc) is 2.24. The summed E-state index contributed by atoms with van der Waals surface area (Å²) < 4.78 is 17.1. The molecule has 0 bridgehead atoms. The van der Waals surface area contributed by atoms with Crippen LogP contribution in [-0.4, -0.2) is 28.2 Å². The third-order valence-corrected chi connectivity index (χ3v) is 1.57. The van der Waals surface area contributed by atoms with Crippen molar-refractivity contribution in [3.8, 4) is 6.01 Å². The van der Waals surface area contributed by atoms with Crippen molar-refractivity contribution < 1.29 is 9.13 Å². The van der Waals surface area contributed by atoms with Crippen LogP contribution in [0.4, 0.5) is 16.3 Å². The normalized spacial score (nSPS) is 9.72. The lowest BCUT2D eigenvalue weighted by molar-refractivity contribution is 0.255. The highest BCUT2D eigenvalue weighted by Gasteiger charge is 2.07. The van der Waals surface area contributed by atoms with E-state index in [1.54, 1.807) is 13.8 Å². The highest BCUT2D eigenvalue weighted by molar-refractivity contribution is 5.41. The molecule has 6 nitrogen and oxygen atoms in total. The van der Waals surface area contributed by atoms with Gasteiger partial charge >= 0.3 is 6.01 Å². The summed E-state index contributed by atoms with van der Waals surface area (Å²) >= 11 is 0. The monoisotopic (exact) mass is 253 g/mol. The number of alkyl halides is 1. The van der Waals surface area contributed by atoms with Crippen molar-refractivity contribution in [3.63, 3.8) is 0 Å². The Labute approximate surface area is 105 Å². The molecule has 18 heavy (non-hydrogen) atoms. The molecule has 1 aromatic heterocycles. The third-order valence-electron chi connectivity index (χ3n) is 1.57. The Morgan fingerprint density at radius 1 is 1.11 bits per heavy atom. The number of ether oxygens (including phenoxy) is 1. The number of hydrogen-bond donors (Lipinski definition) is 2. The molecule has 0 aliphatic heterocycles. The van der Waals surface area contributed by atoms with Gasteiger partial charge in [-0.05, 0) is 13.8 Å². The number of aromatic nitrogens is 3. The van der Waals surface area contributed by atoms with Crippen LogP contribution in [0.1, 0.15) is 13.8 Å². The van der Waals surface area contributed by atoms with Crippen molar-refractivity contribution in [2.75, 3.05) is 23.9 Å². The molecule has 7 heteroatoms. The first-order valence-electron chi connectivity index (χ1n) is 5.31. The van der Waals surface area contributed by atoms with Crippen LogP contribution < -0.4 is 15.4 Å². The minimum Gasteiger partial charge on any atom is -0.461 e. The van der Waals surface area contributed by atoms with Gasteiger partial charge in [0.05, 0.1) is 0 Å². The van der Waals surface area contributed by atoms with Gasteiger partial charge in [0.2, 0.25) is 11.9 Å². The summed E-state index contributed by atoms with van der Waals surface area (Å²) in [5.74, 6) is 0.546. The van der Waals surface area contributed by atoms with Crippen LogP contribution in [-0.2, 0) is 0 Å². The Morgan fingerprint density at radius 3 is 2.00 bits per heavy atom. The minimum atomic E-state index is -0.613. The maximum Gasteiger partial charge on any atom is 0.323 e. The van der Waals surface area contributed by atoms with Gasteiger partial charge < -0.3 is 15.4 Å². The van der Waals surface area contributed by atoms with Crippen molar-refractivity contribution in [3.05, 3.63) is 24.6 Å². The van der Waals surface area contributed by atoms with Gasteiger partial charge in [-0.3, -0.25) is 0 Å². The maximum absolute atomic E-state index is 12.0. The first kappa shape index (κ1) is 13.9. The summed E-state index contributed by atoms with van der Waals surface area (Å²) in [7, 11) is 0. The molecule has 0 spiro atoms. The van der Waals surface area contributed by atoms with E-state index in [4.69, 9.17) is 4.74 Å². The van der Waals surface area contributed by atoms with E-state index in [1.807, 2.05) is 0 Å². The van der Waals surface area contributed by atoms with Crippen LogP contribution in [0, 0.1) is 0 Å². The smallest absolute Gasteiger partial charge is 0.323 e. The van der Waals surface area contributed by atoms with Crippen molar-refractivity contribution >= 4 is 11.9 Å². The van der Waals surface area contributed by atoms with Crippen LogP contribution in [0.3, 0.4) is 0 Å². The van der Waals surface area contributed by atoms with E-state index < -0.39 is 6.67 Å². The van der Waals surface area contributed by atoms with Gasteiger partial charge in [0.25, 0.3) is 0 Å². The molecule has 0 aliphatic carbocycles. The van der Waals surface area contributed by atoms with Gasteiger partial charge in [-0.2, -0.15) is 15.0 Å². The van der Waals surface area contributed by atoms with E-state index in [0.717, 1.165) is 0 Å². The molecular formula is C11H16FN5O. The quantitative estimate of drug-likeness (QED) is 0.775. The summed E-state index contributed by atoms with van der Waals surface area (Å²) in [6.45, 7) is 10.2. The fraction of sp³-hybridized carbons (Fsp3) is 0.364. The highest BCUT2D eigenvalue weighted by Crippen LogP contribution is 2.13. The van der Waals surface area contributed by atoms with Gasteiger partial charge in [0.15, 0.2) is 0 Å². The molecule has 1 aromatic rings. The zero-order chi connectivity index (χ0) is 13.5. The number of anilines is 2. The Hall–Kier alpha value is -2.18. The Kier molecular flexibility index (Phi) is 5.04. The first-order valence-corrected chi connectivity index (χ1v) is 5.31. The second kappa shape index (κ2) is 6.53. The van der Waals surface area contributed by atoms with Crippen LogP contribution in [0.25, 0.3) is 0 Å². The van der Waals surface area contributed by atoms with Crippen LogP contribution >= 0.6 is 0 Å². The summed E-state index contributed by atoms with van der Waals surface area (Å²) in [6, 6.07) is 0.0372. The third kappa shape index (κ3) is 4.77. The molecule has 2 N–H and O–H groups in total. The van der Waals surface area contributed by atoms with Crippen molar-refractivity contribution in [2.24, 2.45) is 0 Å². The minimum absolute atomic E-state index is 0.0372. The van der Waals surface area contributed by atoms with E-state index in [-0.39, 0.29) is 24.5 Å². The predicted molar refractivity (Wildman–Crippen MR) is 68.2 cm³/mol. The lowest BCUT2D eigenvalue weighted by Gasteiger charge is -2.09. The molecule has 0 radical (unpaired) electrons. The molecule has 0 saturated carbocycles. The van der Waals surface area contributed by atoms with Gasteiger partial charge in [-0.25, -0.2) is 4.39 Å². The lowest BCUT2D eigenvalue weighted by Crippen LogP contribution is -2.10. The second-order valence-corrected chi connectivity index (χ2v) is 3.61. The van der Waals surface area contributed by atoms with Crippen molar-refractivity contribution in [1.29, 1.82) is 0 Å². The van der Waals surface area contributed by atoms with E-state index in [1.165, 1.54) is 0 Å². The van der Waals surface area contributed by atoms with Gasteiger partial charge in [0.1, 0.15) is 13.3 Å². The van der Waals surface area contributed by atoms with E-state index in [9.17, 15) is 4.39 Å². The maximum atomic E-state index is 12.0. The lowest BCUT2D eigenvalue weighted by atomic mass is 10.5. The molecule has 98 valence electrons. The molecule has 0 aromatic carbocycles. The molecule has 0 saturated heterocycles. The molecular weight excluding hydrogens is 237 g/mol. The predicted octanol–water partition coefficient (Wildman–Crippen LogP) is 2.11. The number of hydrogen-bond acceptors (Lipinski definition) is 6. The Balaban J connectivity index is 2.95. The van der Waals surface area contributed by atoms with E-state index in [2.05, 4.69) is 38.7 Å². The highest BCUT2D eigenvalue weighted by atomic mass is 19.1. The Morgan fingerprint density at radius 2 is 1.61 bits per heavy atom. The molecule has 0 fully saturated rings. The summed E-state index contributed by atoms with van der Waals surface area (Å²) in [4.78, 5) is 12.0. The second-order valence-electron chi connectivity index (χ2n) is 3.61. The standard InChI is InChI=1S/C11H16FN5O/c1-7(2)13-9-15-10(14-8(3)4)17-11(16-9)18-6-5-12/h1,3,5-6H2,2,4H3,(H2,13,14,15,16,17). The number of nitrogens with one attached hydrogen (secondary N) is 2. The van der Waals surface area contributed by atoms with Crippen LogP contribution in [0.2, 0.25) is 0 Å². The van der Waals surface area contributed by atoms with Crippen LogP contribution in [0.15, 0.2) is 24.6 Å². The zero-order valence-electron chi connectivity index (χ0n) is 10.5. The fourth-order valence-electron chi connectivity index (χ4n) is 1.04.